The third-order valence-electron chi connectivity index (χ3n) is 6.53. The van der Waals surface area contributed by atoms with Crippen molar-refractivity contribution in [3.05, 3.63) is 42.9 Å². The summed E-state index contributed by atoms with van der Waals surface area (Å²) in [6, 6.07) is 8.12. The third-order valence-corrected chi connectivity index (χ3v) is 6.53. The van der Waals surface area contributed by atoms with Gasteiger partial charge in [-0.05, 0) is 24.6 Å². The summed E-state index contributed by atoms with van der Waals surface area (Å²) in [5, 5.41) is 1.13. The number of hydrogen-bond donors (Lipinski definition) is 0. The van der Waals surface area contributed by atoms with Crippen molar-refractivity contribution in [2.24, 2.45) is 5.41 Å². The molecule has 8 nitrogen and oxygen atoms in total. The quantitative estimate of drug-likeness (QED) is 0.658. The molecule has 30 heavy (non-hydrogen) atoms. The van der Waals surface area contributed by atoms with Gasteiger partial charge in [-0.1, -0.05) is 0 Å². The lowest BCUT2D eigenvalue weighted by Gasteiger charge is -2.49. The minimum Gasteiger partial charge on any atom is -0.378 e. The molecule has 0 saturated carbocycles. The van der Waals surface area contributed by atoms with Crippen LogP contribution in [0.25, 0.3) is 10.9 Å². The van der Waals surface area contributed by atoms with Gasteiger partial charge in [0, 0.05) is 74.7 Å². The van der Waals surface area contributed by atoms with Crippen LogP contribution in [0.3, 0.4) is 0 Å². The summed E-state index contributed by atoms with van der Waals surface area (Å²) in [4.78, 5) is 25.6. The van der Waals surface area contributed by atoms with E-state index in [1.807, 2.05) is 30.7 Å². The van der Waals surface area contributed by atoms with E-state index >= 15 is 0 Å². The van der Waals surface area contributed by atoms with E-state index in [-0.39, 0.29) is 0 Å². The Hall–Kier alpha value is -3.00. The highest BCUT2D eigenvalue weighted by Crippen LogP contribution is 2.44. The first-order chi connectivity index (χ1) is 14.8. The molecule has 3 aliphatic heterocycles. The van der Waals surface area contributed by atoms with Gasteiger partial charge in [0.2, 0.25) is 5.95 Å². The second-order valence-corrected chi connectivity index (χ2v) is 8.55. The van der Waals surface area contributed by atoms with Gasteiger partial charge in [-0.3, -0.25) is 4.98 Å². The second kappa shape index (κ2) is 7.05. The molecule has 0 aliphatic carbocycles. The van der Waals surface area contributed by atoms with Crippen LogP contribution in [0.15, 0.2) is 42.9 Å². The molecule has 6 heterocycles. The second-order valence-electron chi connectivity index (χ2n) is 8.55. The smallest absolute Gasteiger partial charge is 0.225 e. The molecule has 3 saturated heterocycles. The van der Waals surface area contributed by atoms with E-state index < -0.39 is 0 Å². The van der Waals surface area contributed by atoms with Crippen LogP contribution in [0, 0.1) is 5.41 Å². The number of rotatable bonds is 3. The Bertz CT molecular complexity index is 1050. The maximum Gasteiger partial charge on any atom is 0.225 e. The van der Waals surface area contributed by atoms with Gasteiger partial charge in [0.05, 0.1) is 18.7 Å². The van der Waals surface area contributed by atoms with E-state index in [0.29, 0.717) is 5.41 Å². The summed E-state index contributed by atoms with van der Waals surface area (Å²) in [6.07, 6.45) is 6.67. The van der Waals surface area contributed by atoms with Crippen molar-refractivity contribution in [2.45, 2.75) is 6.42 Å². The first kappa shape index (κ1) is 17.8. The molecule has 0 bridgehead atoms. The summed E-state index contributed by atoms with van der Waals surface area (Å²) in [7, 11) is 0. The number of ether oxygens (including phenoxy) is 1. The molecule has 0 unspecified atom stereocenters. The molecule has 3 aromatic rings. The monoisotopic (exact) mass is 403 g/mol. The Labute approximate surface area is 175 Å². The van der Waals surface area contributed by atoms with Crippen LogP contribution >= 0.6 is 0 Å². The van der Waals surface area contributed by atoms with Crippen LogP contribution in [0.1, 0.15) is 6.42 Å². The van der Waals surface area contributed by atoms with Crippen molar-refractivity contribution in [1.82, 2.24) is 19.9 Å². The molecule has 3 aromatic heterocycles. The molecule has 8 heteroatoms. The van der Waals surface area contributed by atoms with Gasteiger partial charge in [0.1, 0.15) is 11.6 Å². The lowest BCUT2D eigenvalue weighted by molar-refractivity contribution is 0.122. The predicted molar refractivity (Wildman–Crippen MR) is 116 cm³/mol. The van der Waals surface area contributed by atoms with Crippen LogP contribution in [0.2, 0.25) is 0 Å². The van der Waals surface area contributed by atoms with Gasteiger partial charge in [0.15, 0.2) is 0 Å². The van der Waals surface area contributed by atoms with Gasteiger partial charge in [-0.15, -0.1) is 0 Å². The summed E-state index contributed by atoms with van der Waals surface area (Å²) < 4.78 is 5.52. The molecule has 6 rings (SSSR count). The standard InChI is InChI=1S/C22H25N7O/c1-3-17-18(23-5-1)13-19(27-9-11-30-12-10-27)26-20(17)29-15-22(16-29)4-8-28(14-22)21-24-6-2-7-25-21/h1-3,5-7,13H,4,8-12,14-16H2. The molecule has 3 fully saturated rings. The van der Waals surface area contributed by atoms with Gasteiger partial charge >= 0.3 is 0 Å². The molecule has 1 spiro atoms. The third kappa shape index (κ3) is 3.02. The average Bonchev–Trinajstić information content (AvgIpc) is 3.25. The minimum atomic E-state index is 0.296. The first-order valence-electron chi connectivity index (χ1n) is 10.7. The molecule has 0 radical (unpaired) electrons. The van der Waals surface area contributed by atoms with Gasteiger partial charge in [-0.2, -0.15) is 0 Å². The van der Waals surface area contributed by atoms with Crippen molar-refractivity contribution in [3.8, 4) is 0 Å². The molecule has 0 N–H and O–H groups in total. The highest BCUT2D eigenvalue weighted by molar-refractivity contribution is 5.92. The summed E-state index contributed by atoms with van der Waals surface area (Å²) in [6.45, 7) is 7.30. The molecular weight excluding hydrogens is 378 g/mol. The van der Waals surface area contributed by atoms with Crippen molar-refractivity contribution < 1.29 is 4.74 Å². The largest absolute Gasteiger partial charge is 0.378 e. The van der Waals surface area contributed by atoms with Gasteiger partial charge in [-0.25, -0.2) is 15.0 Å². The topological polar surface area (TPSA) is 70.5 Å². The fourth-order valence-electron chi connectivity index (χ4n) is 4.97. The van der Waals surface area contributed by atoms with Gasteiger partial charge < -0.3 is 19.4 Å². The Morgan fingerprint density at radius 2 is 1.60 bits per heavy atom. The van der Waals surface area contributed by atoms with E-state index in [2.05, 4.69) is 41.8 Å². The van der Waals surface area contributed by atoms with Crippen molar-refractivity contribution >= 4 is 28.5 Å². The van der Waals surface area contributed by atoms with Crippen molar-refractivity contribution in [3.63, 3.8) is 0 Å². The Morgan fingerprint density at radius 3 is 2.43 bits per heavy atom. The SMILES string of the molecule is c1cnc(N2CCC3(C2)CN(c2nc(N4CCOCC4)cc4ncccc24)C3)nc1. The lowest BCUT2D eigenvalue weighted by Crippen LogP contribution is -2.58. The van der Waals surface area contributed by atoms with Crippen molar-refractivity contribution in [2.75, 3.05) is 67.2 Å². The number of pyridine rings is 2. The van der Waals surface area contributed by atoms with Crippen LogP contribution < -0.4 is 14.7 Å². The van der Waals surface area contributed by atoms with Crippen LogP contribution in [-0.2, 0) is 4.74 Å². The molecule has 154 valence electrons. The fraction of sp³-hybridized carbons (Fsp3) is 0.455. The van der Waals surface area contributed by atoms with E-state index in [1.165, 1.54) is 6.42 Å². The first-order valence-corrected chi connectivity index (χ1v) is 10.7. The normalized spacial score (nSPS) is 20.7. The number of anilines is 3. The average molecular weight is 403 g/mol. The molecule has 0 amide bonds. The number of morpholine rings is 1. The maximum atomic E-state index is 5.52. The van der Waals surface area contributed by atoms with E-state index in [9.17, 15) is 0 Å². The molecular formula is C22H25N7O. The Kier molecular flexibility index (Phi) is 4.19. The predicted octanol–water partition coefficient (Wildman–Crippen LogP) is 1.97. The molecule has 0 atom stereocenters. The highest BCUT2D eigenvalue weighted by Gasteiger charge is 2.49. The zero-order valence-corrected chi connectivity index (χ0v) is 16.9. The highest BCUT2D eigenvalue weighted by atomic mass is 16.5. The molecule has 3 aliphatic rings. The van der Waals surface area contributed by atoms with Crippen LogP contribution in [-0.4, -0.2) is 72.4 Å². The van der Waals surface area contributed by atoms with E-state index in [4.69, 9.17) is 9.72 Å². The van der Waals surface area contributed by atoms with Gasteiger partial charge in [0.25, 0.3) is 0 Å². The van der Waals surface area contributed by atoms with Crippen LogP contribution in [0.5, 0.6) is 0 Å². The summed E-state index contributed by atoms with van der Waals surface area (Å²) in [5.41, 5.74) is 1.31. The lowest BCUT2D eigenvalue weighted by atomic mass is 9.79. The van der Waals surface area contributed by atoms with Crippen molar-refractivity contribution in [1.29, 1.82) is 0 Å². The summed E-state index contributed by atoms with van der Waals surface area (Å²) in [5.74, 6) is 2.91. The number of aromatic nitrogens is 4. The molecule has 0 aromatic carbocycles. The minimum absolute atomic E-state index is 0.296. The van der Waals surface area contributed by atoms with Crippen LogP contribution in [0.4, 0.5) is 17.6 Å². The number of hydrogen-bond acceptors (Lipinski definition) is 8. The van der Waals surface area contributed by atoms with E-state index in [1.54, 1.807) is 0 Å². The Morgan fingerprint density at radius 1 is 0.833 bits per heavy atom. The number of fused-ring (bicyclic) bond motifs is 1. The number of nitrogens with zero attached hydrogens (tertiary/aromatic N) is 7. The zero-order chi connectivity index (χ0) is 20.0. The van der Waals surface area contributed by atoms with E-state index in [0.717, 1.165) is 81.0 Å². The Balaban J connectivity index is 1.26. The fourth-order valence-corrected chi connectivity index (χ4v) is 4.97. The maximum absolute atomic E-state index is 5.52. The summed E-state index contributed by atoms with van der Waals surface area (Å²) >= 11 is 0. The zero-order valence-electron chi connectivity index (χ0n) is 16.9.